The number of allylic oxidation sites excluding steroid dienone is 12. The normalized spacial score (nSPS) is 17.1. The van der Waals surface area contributed by atoms with Crippen molar-refractivity contribution in [1.82, 2.24) is 0 Å². The molecule has 3 aliphatic rings. The van der Waals surface area contributed by atoms with Crippen LogP contribution in [0.1, 0.15) is 126 Å². The van der Waals surface area contributed by atoms with E-state index in [2.05, 4.69) is 72.2 Å². The highest BCUT2D eigenvalue weighted by Gasteiger charge is 2.47. The smallest absolute Gasteiger partial charge is 0.235 e. The number of fused-ring (bicyclic) bond motifs is 1. The Morgan fingerprint density at radius 1 is 0.690 bits per heavy atom. The number of terminal acetylenes is 1. The Kier molecular flexibility index (Phi) is 24.2. The quantitative estimate of drug-likeness (QED) is 0.0789. The largest absolute Gasteiger partial charge is 0.294 e. The molecule has 6 rings (SSSR count). The summed E-state index contributed by atoms with van der Waals surface area (Å²) in [6.45, 7) is 26.6. The van der Waals surface area contributed by atoms with Crippen LogP contribution in [0.4, 0.5) is 0 Å². The highest BCUT2D eigenvalue weighted by Crippen LogP contribution is 2.51. The summed E-state index contributed by atoms with van der Waals surface area (Å²) in [4.78, 5) is 36.1. The average molecular weight is 777 g/mol. The van der Waals surface area contributed by atoms with Gasteiger partial charge < -0.3 is 0 Å². The lowest BCUT2D eigenvalue weighted by molar-refractivity contribution is 0.0625. The maximum atomic E-state index is 13.2. The van der Waals surface area contributed by atoms with Crippen LogP contribution in [0.3, 0.4) is 0 Å². The van der Waals surface area contributed by atoms with Crippen molar-refractivity contribution in [2.24, 2.45) is 11.3 Å². The van der Waals surface area contributed by atoms with Gasteiger partial charge in [-0.1, -0.05) is 196 Å². The van der Waals surface area contributed by atoms with Gasteiger partial charge in [0.1, 0.15) is 0 Å². The number of hydrogen-bond acceptors (Lipinski definition) is 3. The third kappa shape index (κ3) is 16.0. The Morgan fingerprint density at radius 2 is 1.17 bits per heavy atom. The Balaban J connectivity index is 0.000000766. The van der Waals surface area contributed by atoms with Gasteiger partial charge in [-0.15, -0.1) is 6.42 Å². The van der Waals surface area contributed by atoms with E-state index in [0.29, 0.717) is 17.3 Å². The lowest BCUT2D eigenvalue weighted by atomic mass is 9.57. The second-order valence-corrected chi connectivity index (χ2v) is 14.6. The molecule has 2 atom stereocenters. The number of Topliss-reactive ketones (excluding diaryl/α,β-unsaturated/α-hetero) is 3. The van der Waals surface area contributed by atoms with Crippen LogP contribution in [0.5, 0.6) is 0 Å². The van der Waals surface area contributed by atoms with Crippen LogP contribution in [0, 0.1) is 23.7 Å². The van der Waals surface area contributed by atoms with Gasteiger partial charge in [-0.2, -0.15) is 0 Å². The Morgan fingerprint density at radius 3 is 1.62 bits per heavy atom. The van der Waals surface area contributed by atoms with Crippen molar-refractivity contribution in [3.05, 3.63) is 203 Å². The molecule has 3 aliphatic carbocycles. The van der Waals surface area contributed by atoms with E-state index < -0.39 is 0 Å². The van der Waals surface area contributed by atoms with E-state index in [1.807, 2.05) is 86.5 Å². The fraction of sp³-hybridized carbons (Fsp3) is 0.291. The summed E-state index contributed by atoms with van der Waals surface area (Å²) >= 11 is 0. The van der Waals surface area contributed by atoms with E-state index in [0.717, 1.165) is 66.4 Å². The average Bonchev–Trinajstić information content (AvgIpc) is 3.23. The van der Waals surface area contributed by atoms with Gasteiger partial charge in [-0.25, -0.2) is 0 Å². The molecule has 0 saturated carbocycles. The molecule has 3 aromatic rings. The minimum atomic E-state index is -0.263. The van der Waals surface area contributed by atoms with Gasteiger partial charge >= 0.3 is 0 Å². The number of carbonyl (C=O) groups excluding carboxylic acids is 3. The zero-order valence-electron chi connectivity index (χ0n) is 34.5. The number of benzene rings is 3. The highest BCUT2D eigenvalue weighted by atomic mass is 16.1. The van der Waals surface area contributed by atoms with E-state index in [1.165, 1.54) is 22.3 Å². The molecule has 3 nitrogen and oxygen atoms in total. The van der Waals surface area contributed by atoms with Gasteiger partial charge in [0.2, 0.25) is 5.78 Å². The summed E-state index contributed by atoms with van der Waals surface area (Å²) in [6, 6.07) is 28.1. The summed E-state index contributed by atoms with van der Waals surface area (Å²) in [5.41, 5.74) is 10.7. The van der Waals surface area contributed by atoms with Crippen LogP contribution >= 0.6 is 0 Å². The van der Waals surface area contributed by atoms with E-state index in [1.54, 1.807) is 36.4 Å². The lowest BCUT2D eigenvalue weighted by Gasteiger charge is -2.45. The second kappa shape index (κ2) is 26.9. The third-order valence-corrected chi connectivity index (χ3v) is 10.4. The SMILES string of the molecule is C.C.C#CC(=O)c1ccccc1.C=C(C)C(=C)C.C=CC=C.CC1=C(C)CC(C(=O)c2ccccc2)=CC1.CC1=C(C)C[C@]2(C(=O)c3ccccc3)CC=CC[C@@H]2C1. The molecule has 3 heteroatoms. The molecular formula is C55H68O3. The Labute approximate surface area is 352 Å². The first-order chi connectivity index (χ1) is 26.7. The molecule has 58 heavy (non-hydrogen) atoms. The molecule has 0 saturated heterocycles. The predicted octanol–water partition coefficient (Wildman–Crippen LogP) is 15.1. The van der Waals surface area contributed by atoms with Crippen LogP contribution in [-0.2, 0) is 0 Å². The van der Waals surface area contributed by atoms with Gasteiger partial charge in [0.15, 0.2) is 11.6 Å². The van der Waals surface area contributed by atoms with Crippen LogP contribution in [-0.4, -0.2) is 17.3 Å². The Bertz CT molecular complexity index is 1990. The molecule has 0 heterocycles. The standard InChI is InChI=1S/C19H22O.C15H16O.C9H6O.C6H10.C4H6.2CH4/c1-14-12-17-10-6-7-11-19(17,13-15(14)2)18(20)16-8-4-3-5-9-16;1-11-8-9-14(10-12(11)2)15(16)13-6-4-3-5-7-13;1-2-9(10)8-6-4-3-5-7-8;1-5(2)6(3)4;1-3-4-2;;/h3-9,17H,10-13H2,1-2H3;3-7,9H,8,10H2,1-2H3;1,3-7H;1,3H2,2,4H3;3-4H,1-2H2;2*1H4/t17-,19-;;;;;;/m1....../s1. The first-order valence-corrected chi connectivity index (χ1v) is 19.2. The van der Waals surface area contributed by atoms with Crippen molar-refractivity contribution >= 4 is 17.3 Å². The van der Waals surface area contributed by atoms with E-state index in [4.69, 9.17) is 6.42 Å². The predicted molar refractivity (Wildman–Crippen MR) is 252 cm³/mol. The minimum Gasteiger partial charge on any atom is -0.294 e. The monoisotopic (exact) mass is 777 g/mol. The molecular weight excluding hydrogens is 709 g/mol. The Hall–Kier alpha value is -5.85. The number of hydrogen-bond donors (Lipinski definition) is 0. The first-order valence-electron chi connectivity index (χ1n) is 19.2. The molecule has 0 amide bonds. The highest BCUT2D eigenvalue weighted by molar-refractivity contribution is 6.09. The third-order valence-electron chi connectivity index (χ3n) is 10.4. The minimum absolute atomic E-state index is 0. The van der Waals surface area contributed by atoms with Gasteiger partial charge in [-0.3, -0.25) is 14.4 Å². The molecule has 0 fully saturated rings. The zero-order chi connectivity index (χ0) is 41.7. The van der Waals surface area contributed by atoms with Crippen molar-refractivity contribution in [3.8, 4) is 12.3 Å². The molecule has 0 bridgehead atoms. The van der Waals surface area contributed by atoms with Crippen molar-refractivity contribution in [3.63, 3.8) is 0 Å². The van der Waals surface area contributed by atoms with E-state index in [9.17, 15) is 14.4 Å². The van der Waals surface area contributed by atoms with Gasteiger partial charge in [-0.05, 0) is 91.9 Å². The molecule has 0 aromatic heterocycles. The van der Waals surface area contributed by atoms with Crippen LogP contribution < -0.4 is 0 Å². The summed E-state index contributed by atoms with van der Waals surface area (Å²) < 4.78 is 0. The molecule has 3 aromatic carbocycles. The second-order valence-electron chi connectivity index (χ2n) is 14.6. The van der Waals surface area contributed by atoms with Crippen LogP contribution in [0.25, 0.3) is 0 Å². The van der Waals surface area contributed by atoms with Gasteiger partial charge in [0, 0.05) is 27.7 Å². The molecule has 306 valence electrons. The first kappa shape index (κ1) is 52.2. The number of carbonyl (C=O) groups is 3. The fourth-order valence-corrected chi connectivity index (χ4v) is 6.42. The van der Waals surface area contributed by atoms with Crippen molar-refractivity contribution < 1.29 is 14.4 Å². The molecule has 0 spiro atoms. The van der Waals surface area contributed by atoms with E-state index in [-0.39, 0.29) is 31.8 Å². The molecule has 0 unspecified atom stereocenters. The molecule has 0 aliphatic heterocycles. The summed E-state index contributed by atoms with van der Waals surface area (Å²) in [5.74, 6) is 2.77. The van der Waals surface area contributed by atoms with Gasteiger partial charge in [0.05, 0.1) is 0 Å². The summed E-state index contributed by atoms with van der Waals surface area (Å²) in [5, 5.41) is 0. The zero-order valence-corrected chi connectivity index (χ0v) is 34.5. The summed E-state index contributed by atoms with van der Waals surface area (Å²) in [7, 11) is 0. The van der Waals surface area contributed by atoms with Crippen molar-refractivity contribution in [2.75, 3.05) is 0 Å². The van der Waals surface area contributed by atoms with Gasteiger partial charge in [0.25, 0.3) is 0 Å². The van der Waals surface area contributed by atoms with E-state index >= 15 is 0 Å². The lowest BCUT2D eigenvalue weighted by Crippen LogP contribution is -2.42. The molecule has 0 radical (unpaired) electrons. The van der Waals surface area contributed by atoms with Crippen LogP contribution in [0.15, 0.2) is 187 Å². The van der Waals surface area contributed by atoms with Crippen molar-refractivity contribution in [2.45, 2.75) is 94.9 Å². The molecule has 0 N–H and O–H groups in total. The fourth-order valence-electron chi connectivity index (χ4n) is 6.42. The summed E-state index contributed by atoms with van der Waals surface area (Å²) in [6.07, 6.45) is 20.4. The maximum Gasteiger partial charge on any atom is 0.235 e. The van der Waals surface area contributed by atoms with Crippen molar-refractivity contribution in [1.29, 1.82) is 0 Å². The topological polar surface area (TPSA) is 51.2 Å². The van der Waals surface area contributed by atoms with Crippen LogP contribution in [0.2, 0.25) is 0 Å². The number of ketones is 3. The number of rotatable bonds is 7. The maximum absolute atomic E-state index is 13.2.